The molecule has 0 aromatic rings. The van der Waals surface area contributed by atoms with Crippen molar-refractivity contribution in [3.8, 4) is 0 Å². The van der Waals surface area contributed by atoms with E-state index in [2.05, 4.69) is 15.6 Å². The van der Waals surface area contributed by atoms with Crippen molar-refractivity contribution in [2.45, 2.75) is 77.0 Å². The summed E-state index contributed by atoms with van der Waals surface area (Å²) in [5.41, 5.74) is 16.6. The highest BCUT2D eigenvalue weighted by Gasteiger charge is 2.38. The Morgan fingerprint density at radius 2 is 1.81 bits per heavy atom. The van der Waals surface area contributed by atoms with E-state index in [0.717, 1.165) is 0 Å². The molecular weight excluding hydrogens is 418 g/mol. The predicted octanol–water partition coefficient (Wildman–Crippen LogP) is -1.52. The van der Waals surface area contributed by atoms with Gasteiger partial charge < -0.3 is 37.8 Å². The highest BCUT2D eigenvalue weighted by Crippen LogP contribution is 2.20. The summed E-state index contributed by atoms with van der Waals surface area (Å²) in [5.74, 6) is -2.43. The van der Waals surface area contributed by atoms with E-state index >= 15 is 0 Å². The van der Waals surface area contributed by atoms with Crippen LogP contribution in [0.3, 0.4) is 0 Å². The highest BCUT2D eigenvalue weighted by molar-refractivity contribution is 5.94. The largest absolute Gasteiger partial charge is 0.480 e. The van der Waals surface area contributed by atoms with Crippen LogP contribution in [0.5, 0.6) is 0 Å². The van der Waals surface area contributed by atoms with Gasteiger partial charge in [-0.05, 0) is 44.9 Å². The number of carbonyl (C=O) groups is 4. The lowest BCUT2D eigenvalue weighted by Crippen LogP contribution is -2.56. The first-order valence-corrected chi connectivity index (χ1v) is 10.9. The minimum Gasteiger partial charge on any atom is -0.480 e. The van der Waals surface area contributed by atoms with Crippen LogP contribution in [-0.2, 0) is 19.2 Å². The van der Waals surface area contributed by atoms with Gasteiger partial charge in [-0.25, -0.2) is 0 Å². The van der Waals surface area contributed by atoms with Gasteiger partial charge in [0.15, 0.2) is 5.96 Å². The zero-order valence-corrected chi connectivity index (χ0v) is 19.0. The number of nitrogens with one attached hydrogen (secondary N) is 2. The molecule has 12 nitrogen and oxygen atoms in total. The number of aliphatic imine (C=N–C) groups is 1. The zero-order valence-electron chi connectivity index (χ0n) is 19.0. The van der Waals surface area contributed by atoms with E-state index in [1.165, 1.54) is 11.8 Å². The Morgan fingerprint density at radius 1 is 1.16 bits per heavy atom. The molecule has 12 heteroatoms. The number of rotatable bonds is 12. The summed E-state index contributed by atoms with van der Waals surface area (Å²) in [7, 11) is 0. The number of likely N-dealkylation sites (tertiary alicyclic amines) is 1. The Labute approximate surface area is 188 Å². The molecule has 0 saturated carbocycles. The Balaban J connectivity index is 2.93. The van der Waals surface area contributed by atoms with Crippen LogP contribution in [0.1, 0.15) is 52.9 Å². The third kappa shape index (κ3) is 8.69. The summed E-state index contributed by atoms with van der Waals surface area (Å²) in [6.45, 7) is 5.84. The second-order valence-corrected chi connectivity index (χ2v) is 8.50. The molecule has 0 radical (unpaired) electrons. The molecular formula is C20H37N7O5. The fourth-order valence-corrected chi connectivity index (χ4v) is 3.53. The zero-order chi connectivity index (χ0) is 24.4. The van der Waals surface area contributed by atoms with E-state index in [1.54, 1.807) is 0 Å². The minimum absolute atomic E-state index is 0.0697. The molecule has 0 bridgehead atoms. The second kappa shape index (κ2) is 12.8. The van der Waals surface area contributed by atoms with Crippen molar-refractivity contribution in [2.24, 2.45) is 28.1 Å². The molecule has 1 saturated heterocycles. The van der Waals surface area contributed by atoms with Crippen molar-refractivity contribution >= 4 is 29.7 Å². The number of carbonyl (C=O) groups excluding carboxylic acids is 3. The van der Waals surface area contributed by atoms with Crippen molar-refractivity contribution < 1.29 is 24.3 Å². The minimum atomic E-state index is -1.17. The quantitative estimate of drug-likeness (QED) is 0.115. The van der Waals surface area contributed by atoms with Crippen LogP contribution < -0.4 is 27.8 Å². The summed E-state index contributed by atoms with van der Waals surface area (Å²) in [6, 6.07) is -3.55. The van der Waals surface area contributed by atoms with Gasteiger partial charge in [-0.1, -0.05) is 13.8 Å². The highest BCUT2D eigenvalue weighted by atomic mass is 16.4. The SMILES string of the molecule is CC(C)CC(N)C(=O)NC(CCCN=C(N)N)C(=O)N1CCCC1C(=O)NC(C)C(=O)O. The Bertz CT molecular complexity index is 708. The number of amides is 3. The van der Waals surface area contributed by atoms with Crippen LogP contribution in [0, 0.1) is 5.92 Å². The van der Waals surface area contributed by atoms with E-state index in [-0.39, 0.29) is 24.8 Å². The number of carboxylic acid groups (broad SMARTS) is 1. The second-order valence-electron chi connectivity index (χ2n) is 8.50. The molecule has 0 spiro atoms. The number of carboxylic acids is 1. The lowest BCUT2D eigenvalue weighted by molar-refractivity contribution is -0.144. The van der Waals surface area contributed by atoms with Crippen molar-refractivity contribution in [2.75, 3.05) is 13.1 Å². The van der Waals surface area contributed by atoms with Crippen molar-refractivity contribution in [1.29, 1.82) is 0 Å². The molecule has 1 rings (SSSR count). The maximum Gasteiger partial charge on any atom is 0.325 e. The Hall–Kier alpha value is -2.89. The lowest BCUT2D eigenvalue weighted by Gasteiger charge is -2.29. The van der Waals surface area contributed by atoms with Crippen LogP contribution >= 0.6 is 0 Å². The van der Waals surface area contributed by atoms with Gasteiger partial charge in [0, 0.05) is 13.1 Å². The molecule has 1 aliphatic rings. The van der Waals surface area contributed by atoms with E-state index in [9.17, 15) is 19.2 Å². The molecule has 9 N–H and O–H groups in total. The van der Waals surface area contributed by atoms with Crippen LogP contribution in [0.25, 0.3) is 0 Å². The molecule has 182 valence electrons. The van der Waals surface area contributed by atoms with E-state index in [1.807, 2.05) is 13.8 Å². The standard InChI is InChI=1S/C20H37N7O5/c1-11(2)10-13(21)16(28)26-14(6-4-8-24-20(22)23)18(30)27-9-5-7-15(27)17(29)25-12(3)19(31)32/h11-15H,4-10,21H2,1-3H3,(H,25,29)(H,26,28)(H,31,32)(H4,22,23,24). The molecule has 4 unspecified atom stereocenters. The maximum atomic E-state index is 13.3. The Kier molecular flexibility index (Phi) is 10.9. The van der Waals surface area contributed by atoms with Crippen molar-refractivity contribution in [1.82, 2.24) is 15.5 Å². The lowest BCUT2D eigenvalue weighted by atomic mass is 10.0. The van der Waals surface area contributed by atoms with Crippen molar-refractivity contribution in [3.63, 3.8) is 0 Å². The number of hydrogen-bond donors (Lipinski definition) is 6. The normalized spacial score (nSPS) is 18.5. The molecule has 0 aromatic carbocycles. The predicted molar refractivity (Wildman–Crippen MR) is 119 cm³/mol. The Morgan fingerprint density at radius 3 is 2.38 bits per heavy atom. The summed E-state index contributed by atoms with van der Waals surface area (Å²) < 4.78 is 0. The van der Waals surface area contributed by atoms with Gasteiger partial charge in [0.25, 0.3) is 0 Å². The number of nitrogens with two attached hydrogens (primary N) is 3. The summed E-state index contributed by atoms with van der Waals surface area (Å²) in [4.78, 5) is 54.7. The molecule has 0 aliphatic carbocycles. The third-order valence-corrected chi connectivity index (χ3v) is 5.19. The van der Waals surface area contributed by atoms with Gasteiger partial charge in [0.2, 0.25) is 17.7 Å². The van der Waals surface area contributed by atoms with Crippen LogP contribution in [0.2, 0.25) is 0 Å². The number of nitrogens with zero attached hydrogens (tertiary/aromatic N) is 2. The summed E-state index contributed by atoms with van der Waals surface area (Å²) in [5, 5.41) is 14.1. The topological polar surface area (TPSA) is 206 Å². The van der Waals surface area contributed by atoms with Gasteiger partial charge >= 0.3 is 5.97 Å². The molecule has 1 fully saturated rings. The number of guanidine groups is 1. The molecule has 1 aliphatic heterocycles. The smallest absolute Gasteiger partial charge is 0.325 e. The first-order chi connectivity index (χ1) is 14.9. The fraction of sp³-hybridized carbons (Fsp3) is 0.750. The first kappa shape index (κ1) is 27.1. The van der Waals surface area contributed by atoms with Gasteiger partial charge in [0.05, 0.1) is 6.04 Å². The summed E-state index contributed by atoms with van der Waals surface area (Å²) in [6.07, 6.45) is 2.14. The van der Waals surface area contributed by atoms with E-state index < -0.39 is 47.9 Å². The average molecular weight is 456 g/mol. The van der Waals surface area contributed by atoms with Gasteiger partial charge in [0.1, 0.15) is 18.1 Å². The first-order valence-electron chi connectivity index (χ1n) is 10.9. The van der Waals surface area contributed by atoms with Crippen LogP contribution in [-0.4, -0.2) is 76.9 Å². The van der Waals surface area contributed by atoms with Crippen LogP contribution in [0.4, 0.5) is 0 Å². The molecule has 4 atom stereocenters. The molecule has 0 aromatic heterocycles. The number of aliphatic carboxylic acids is 1. The molecule has 3 amide bonds. The van der Waals surface area contributed by atoms with E-state index in [0.29, 0.717) is 32.2 Å². The molecule has 32 heavy (non-hydrogen) atoms. The van der Waals surface area contributed by atoms with E-state index in [4.69, 9.17) is 22.3 Å². The fourth-order valence-electron chi connectivity index (χ4n) is 3.53. The number of hydrogen-bond acceptors (Lipinski definition) is 6. The van der Waals surface area contributed by atoms with Crippen molar-refractivity contribution in [3.05, 3.63) is 0 Å². The molecule has 1 heterocycles. The average Bonchev–Trinajstić information content (AvgIpc) is 3.18. The maximum absolute atomic E-state index is 13.3. The summed E-state index contributed by atoms with van der Waals surface area (Å²) >= 11 is 0. The van der Waals surface area contributed by atoms with Crippen LogP contribution in [0.15, 0.2) is 4.99 Å². The van der Waals surface area contributed by atoms with Gasteiger partial charge in [-0.2, -0.15) is 0 Å². The third-order valence-electron chi connectivity index (χ3n) is 5.19. The van der Waals surface area contributed by atoms with Gasteiger partial charge in [-0.15, -0.1) is 0 Å². The monoisotopic (exact) mass is 455 g/mol. The van der Waals surface area contributed by atoms with Gasteiger partial charge in [-0.3, -0.25) is 24.2 Å².